The second-order valence-electron chi connectivity index (χ2n) is 5.06. The van der Waals surface area contributed by atoms with Gasteiger partial charge in [-0.05, 0) is 31.7 Å². The molecule has 0 saturated heterocycles. The Bertz CT molecular complexity index is 204. The zero-order valence-corrected chi connectivity index (χ0v) is 10.9. The molecule has 2 N–H and O–H groups in total. The fourth-order valence-electron chi connectivity index (χ4n) is 1.39. The Morgan fingerprint density at radius 3 is 2.56 bits per heavy atom. The van der Waals surface area contributed by atoms with Gasteiger partial charge in [0.05, 0.1) is 6.10 Å². The van der Waals surface area contributed by atoms with Gasteiger partial charge in [-0.25, -0.2) is 0 Å². The predicted octanol–water partition coefficient (Wildman–Crippen LogP) is 1.89. The molecule has 4 nitrogen and oxygen atoms in total. The second kappa shape index (κ2) is 7.63. The molecule has 0 fully saturated rings. The molecule has 0 aromatic rings. The van der Waals surface area contributed by atoms with Gasteiger partial charge in [0.1, 0.15) is 0 Å². The molecular formula is C12H25NO3. The van der Waals surface area contributed by atoms with Crippen LogP contribution in [0.4, 0.5) is 0 Å². The van der Waals surface area contributed by atoms with Crippen molar-refractivity contribution in [3.05, 3.63) is 0 Å². The van der Waals surface area contributed by atoms with E-state index in [0.29, 0.717) is 0 Å². The average molecular weight is 231 g/mol. The van der Waals surface area contributed by atoms with Gasteiger partial charge in [0.25, 0.3) is 0 Å². The van der Waals surface area contributed by atoms with Crippen molar-refractivity contribution in [1.82, 2.24) is 5.32 Å². The number of ether oxygens (including phenoxy) is 1. The Hall–Kier alpha value is -0.610. The van der Waals surface area contributed by atoms with Gasteiger partial charge in [0, 0.05) is 20.1 Å². The molecule has 16 heavy (non-hydrogen) atoms. The second-order valence-corrected chi connectivity index (χ2v) is 5.06. The highest BCUT2D eigenvalue weighted by molar-refractivity contribution is 5.66. The molecule has 0 aromatic heterocycles. The van der Waals surface area contributed by atoms with E-state index in [1.54, 1.807) is 7.11 Å². The summed E-state index contributed by atoms with van der Waals surface area (Å²) in [5.41, 5.74) is 0.0850. The lowest BCUT2D eigenvalue weighted by atomic mass is 9.84. The van der Waals surface area contributed by atoms with E-state index in [-0.39, 0.29) is 17.9 Å². The molecule has 0 aliphatic heterocycles. The Morgan fingerprint density at radius 2 is 2.06 bits per heavy atom. The first-order valence-corrected chi connectivity index (χ1v) is 5.83. The highest BCUT2D eigenvalue weighted by Gasteiger charge is 2.18. The highest BCUT2D eigenvalue weighted by atomic mass is 16.5. The Labute approximate surface area is 98.4 Å². The Morgan fingerprint density at radius 1 is 1.44 bits per heavy atom. The van der Waals surface area contributed by atoms with Gasteiger partial charge in [-0.15, -0.1) is 0 Å². The van der Waals surface area contributed by atoms with E-state index >= 15 is 0 Å². The van der Waals surface area contributed by atoms with Crippen LogP contribution < -0.4 is 5.32 Å². The summed E-state index contributed by atoms with van der Waals surface area (Å²) in [5, 5.41) is 11.9. The minimum absolute atomic E-state index is 0.0850. The van der Waals surface area contributed by atoms with Crippen LogP contribution in [0.2, 0.25) is 0 Å². The fraction of sp³-hybridized carbons (Fsp3) is 0.917. The highest BCUT2D eigenvalue weighted by Crippen LogP contribution is 2.25. The fourth-order valence-corrected chi connectivity index (χ4v) is 1.39. The number of carbonyl (C=O) groups is 1. The summed E-state index contributed by atoms with van der Waals surface area (Å²) < 4.78 is 5.12. The summed E-state index contributed by atoms with van der Waals surface area (Å²) in [6, 6.07) is 0. The summed E-state index contributed by atoms with van der Waals surface area (Å²) >= 11 is 0. The third-order valence-corrected chi connectivity index (χ3v) is 2.83. The van der Waals surface area contributed by atoms with Crippen LogP contribution in [0.1, 0.15) is 40.0 Å². The number of hydrogen-bond acceptors (Lipinski definition) is 3. The third-order valence-electron chi connectivity index (χ3n) is 2.83. The molecule has 0 aliphatic carbocycles. The summed E-state index contributed by atoms with van der Waals surface area (Å²) in [6.07, 6.45) is 2.18. The van der Waals surface area contributed by atoms with Gasteiger partial charge < -0.3 is 15.2 Å². The number of carboxylic acids is 1. The van der Waals surface area contributed by atoms with Crippen LogP contribution in [0.15, 0.2) is 0 Å². The summed E-state index contributed by atoms with van der Waals surface area (Å²) in [4.78, 5) is 10.5. The van der Waals surface area contributed by atoms with Crippen LogP contribution in [0, 0.1) is 5.41 Å². The predicted molar refractivity (Wildman–Crippen MR) is 64.6 cm³/mol. The van der Waals surface area contributed by atoms with Crippen LogP contribution in [-0.4, -0.2) is 37.4 Å². The molecule has 0 rings (SSSR count). The first-order chi connectivity index (χ1) is 7.37. The first-order valence-electron chi connectivity index (χ1n) is 5.83. The average Bonchev–Trinajstić information content (AvgIpc) is 2.21. The summed E-state index contributed by atoms with van der Waals surface area (Å²) in [5.74, 6) is -0.714. The van der Waals surface area contributed by atoms with E-state index in [0.717, 1.165) is 25.9 Å². The van der Waals surface area contributed by atoms with Gasteiger partial charge >= 0.3 is 5.97 Å². The van der Waals surface area contributed by atoms with E-state index in [1.807, 2.05) is 6.92 Å². The lowest BCUT2D eigenvalue weighted by Crippen LogP contribution is -2.29. The summed E-state index contributed by atoms with van der Waals surface area (Å²) in [7, 11) is 1.70. The molecule has 1 atom stereocenters. The van der Waals surface area contributed by atoms with E-state index in [2.05, 4.69) is 19.2 Å². The largest absolute Gasteiger partial charge is 0.481 e. The van der Waals surface area contributed by atoms with Crippen molar-refractivity contribution in [3.8, 4) is 0 Å². The van der Waals surface area contributed by atoms with Crippen LogP contribution in [-0.2, 0) is 9.53 Å². The molecule has 0 heterocycles. The normalized spacial score (nSPS) is 13.8. The van der Waals surface area contributed by atoms with Gasteiger partial charge in [0.2, 0.25) is 0 Å². The quantitative estimate of drug-likeness (QED) is 0.595. The molecule has 0 amide bonds. The molecule has 1 unspecified atom stereocenters. The molecule has 96 valence electrons. The molecule has 0 aromatic carbocycles. The summed E-state index contributed by atoms with van der Waals surface area (Å²) in [6.45, 7) is 7.98. The van der Waals surface area contributed by atoms with Crippen LogP contribution >= 0.6 is 0 Å². The maximum atomic E-state index is 10.5. The number of carboxylic acid groups (broad SMARTS) is 1. The lowest BCUT2D eigenvalue weighted by molar-refractivity contribution is -0.137. The molecule has 0 radical (unpaired) electrons. The lowest BCUT2D eigenvalue weighted by Gasteiger charge is -2.24. The van der Waals surface area contributed by atoms with Crippen molar-refractivity contribution in [2.24, 2.45) is 5.41 Å². The standard InChI is InChI=1S/C12H25NO3/c1-10(16-4)9-13-8-7-12(2,3)6-5-11(14)15/h10,13H,5-9H2,1-4H3,(H,14,15). The van der Waals surface area contributed by atoms with Gasteiger partial charge in [-0.3, -0.25) is 4.79 Å². The van der Waals surface area contributed by atoms with Crippen LogP contribution in [0.3, 0.4) is 0 Å². The van der Waals surface area contributed by atoms with Crippen molar-refractivity contribution < 1.29 is 14.6 Å². The van der Waals surface area contributed by atoms with Crippen molar-refractivity contribution in [2.45, 2.75) is 46.1 Å². The topological polar surface area (TPSA) is 58.6 Å². The number of nitrogens with one attached hydrogen (secondary N) is 1. The maximum absolute atomic E-state index is 10.5. The minimum Gasteiger partial charge on any atom is -0.481 e. The van der Waals surface area contributed by atoms with E-state index < -0.39 is 5.97 Å². The molecule has 0 aliphatic rings. The number of methoxy groups -OCH3 is 1. The van der Waals surface area contributed by atoms with Crippen molar-refractivity contribution >= 4 is 5.97 Å². The van der Waals surface area contributed by atoms with Crippen molar-refractivity contribution in [3.63, 3.8) is 0 Å². The van der Waals surface area contributed by atoms with Crippen molar-refractivity contribution in [1.29, 1.82) is 0 Å². The van der Waals surface area contributed by atoms with E-state index in [4.69, 9.17) is 9.84 Å². The van der Waals surface area contributed by atoms with Crippen LogP contribution in [0.25, 0.3) is 0 Å². The first kappa shape index (κ1) is 15.4. The third kappa shape index (κ3) is 8.68. The number of hydrogen-bond donors (Lipinski definition) is 2. The zero-order valence-electron chi connectivity index (χ0n) is 10.9. The minimum atomic E-state index is -0.714. The van der Waals surface area contributed by atoms with E-state index in [9.17, 15) is 4.79 Å². The molecular weight excluding hydrogens is 206 g/mol. The smallest absolute Gasteiger partial charge is 0.303 e. The van der Waals surface area contributed by atoms with Gasteiger partial charge in [-0.1, -0.05) is 13.8 Å². The monoisotopic (exact) mass is 231 g/mol. The molecule has 4 heteroatoms. The maximum Gasteiger partial charge on any atom is 0.303 e. The van der Waals surface area contributed by atoms with Gasteiger partial charge in [-0.2, -0.15) is 0 Å². The van der Waals surface area contributed by atoms with Gasteiger partial charge in [0.15, 0.2) is 0 Å². The van der Waals surface area contributed by atoms with Crippen molar-refractivity contribution in [2.75, 3.05) is 20.2 Å². The molecule has 0 saturated carbocycles. The number of rotatable bonds is 9. The number of aliphatic carboxylic acids is 1. The Kier molecular flexibility index (Phi) is 7.34. The zero-order chi connectivity index (χ0) is 12.6. The SMILES string of the molecule is COC(C)CNCCC(C)(C)CCC(=O)O. The molecule has 0 spiro atoms. The van der Waals surface area contributed by atoms with Crippen LogP contribution in [0.5, 0.6) is 0 Å². The van der Waals surface area contributed by atoms with E-state index in [1.165, 1.54) is 0 Å². The molecule has 0 bridgehead atoms. The Balaban J connectivity index is 3.61.